The Labute approximate surface area is 166 Å². The summed E-state index contributed by atoms with van der Waals surface area (Å²) >= 11 is 0. The molecule has 0 aliphatic heterocycles. The number of hydrogen-bond donors (Lipinski definition) is 2. The molecule has 3 rings (SSSR count). The Morgan fingerprint density at radius 1 is 1.07 bits per heavy atom. The Bertz CT molecular complexity index is 843. The average Bonchev–Trinajstić information content (AvgIpc) is 3.52. The van der Waals surface area contributed by atoms with Gasteiger partial charge in [-0.2, -0.15) is 0 Å². The zero-order chi connectivity index (χ0) is 20.1. The first-order valence-electron chi connectivity index (χ1n) is 9.84. The molecule has 1 heterocycles. The fourth-order valence-corrected chi connectivity index (χ4v) is 3.35. The maximum absolute atomic E-state index is 12.8. The van der Waals surface area contributed by atoms with Crippen LogP contribution in [-0.4, -0.2) is 29.9 Å². The summed E-state index contributed by atoms with van der Waals surface area (Å²) in [6, 6.07) is 9.71. The second kappa shape index (κ2) is 8.42. The maximum atomic E-state index is 12.8. The monoisotopic (exact) mass is 380 g/mol. The molecule has 0 atom stereocenters. The van der Waals surface area contributed by atoms with Crippen molar-refractivity contribution in [3.05, 3.63) is 53.9 Å². The lowest BCUT2D eigenvalue weighted by Crippen LogP contribution is -2.39. The number of carbonyl (C=O) groups is 2. The molecule has 28 heavy (non-hydrogen) atoms. The third-order valence-corrected chi connectivity index (χ3v) is 5.41. The summed E-state index contributed by atoms with van der Waals surface area (Å²) in [6.45, 7) is 8.48. The molecule has 148 valence electrons. The van der Waals surface area contributed by atoms with Gasteiger partial charge in [0.1, 0.15) is 5.41 Å². The van der Waals surface area contributed by atoms with Crippen LogP contribution in [0.2, 0.25) is 0 Å². The molecule has 2 aromatic rings. The lowest BCUT2D eigenvalue weighted by molar-refractivity contribution is -0.134. The molecule has 6 nitrogen and oxygen atoms in total. The lowest BCUT2D eigenvalue weighted by atomic mass is 10.0. The first kappa shape index (κ1) is 19.9. The number of aromatic nitrogens is 1. The molecule has 1 aromatic heterocycles. The Kier molecular flexibility index (Phi) is 5.97. The smallest absolute Gasteiger partial charge is 0.240 e. The highest BCUT2D eigenvalue weighted by Gasteiger charge is 2.56. The van der Waals surface area contributed by atoms with Crippen LogP contribution in [0.15, 0.2) is 42.7 Å². The van der Waals surface area contributed by atoms with Gasteiger partial charge in [0.05, 0.1) is 0 Å². The SMILES string of the molecule is CCN(CC)c1ccc(NC(=O)C2(C(=O)NCc3ccncc3)CC2)c(C)c1. The lowest BCUT2D eigenvalue weighted by Gasteiger charge is -2.22. The molecule has 0 bridgehead atoms. The molecule has 2 N–H and O–H groups in total. The Hall–Kier alpha value is -2.89. The number of rotatable bonds is 8. The maximum Gasteiger partial charge on any atom is 0.240 e. The fraction of sp³-hybridized carbons (Fsp3) is 0.409. The van der Waals surface area contributed by atoms with Gasteiger partial charge in [-0.15, -0.1) is 0 Å². The van der Waals surface area contributed by atoms with Crippen molar-refractivity contribution in [2.45, 2.75) is 40.2 Å². The zero-order valence-corrected chi connectivity index (χ0v) is 16.8. The van der Waals surface area contributed by atoms with Gasteiger partial charge in [-0.3, -0.25) is 14.6 Å². The van der Waals surface area contributed by atoms with Gasteiger partial charge in [0.2, 0.25) is 11.8 Å². The number of benzene rings is 1. The predicted molar refractivity (Wildman–Crippen MR) is 111 cm³/mol. The van der Waals surface area contributed by atoms with Crippen LogP contribution in [-0.2, 0) is 16.1 Å². The zero-order valence-electron chi connectivity index (χ0n) is 16.8. The van der Waals surface area contributed by atoms with E-state index in [2.05, 4.69) is 40.4 Å². The summed E-state index contributed by atoms with van der Waals surface area (Å²) in [5, 5.41) is 5.85. The minimum absolute atomic E-state index is 0.209. The summed E-state index contributed by atoms with van der Waals surface area (Å²) in [6.07, 6.45) is 4.53. The number of pyridine rings is 1. The minimum atomic E-state index is -0.947. The predicted octanol–water partition coefficient (Wildman–Crippen LogP) is 3.27. The van der Waals surface area contributed by atoms with E-state index in [1.807, 2.05) is 31.2 Å². The highest BCUT2D eigenvalue weighted by molar-refractivity contribution is 6.13. The van der Waals surface area contributed by atoms with Gasteiger partial charge in [0, 0.05) is 43.4 Å². The van der Waals surface area contributed by atoms with Crippen molar-refractivity contribution < 1.29 is 9.59 Å². The van der Waals surface area contributed by atoms with Crippen molar-refractivity contribution in [1.82, 2.24) is 10.3 Å². The standard InChI is InChI=1S/C22H28N4O2/c1-4-26(5-2)18-6-7-19(16(3)14-18)25-21(28)22(10-11-22)20(27)24-15-17-8-12-23-13-9-17/h6-9,12-14H,4-5,10-11,15H2,1-3H3,(H,24,27)(H,25,28). The van der Waals surface area contributed by atoms with Crippen LogP contribution in [0.25, 0.3) is 0 Å². The topological polar surface area (TPSA) is 74.3 Å². The number of nitrogens with one attached hydrogen (secondary N) is 2. The summed E-state index contributed by atoms with van der Waals surface area (Å²) in [5.41, 5.74) is 2.90. The van der Waals surface area contributed by atoms with Crippen molar-refractivity contribution in [2.75, 3.05) is 23.3 Å². The van der Waals surface area contributed by atoms with Crippen molar-refractivity contribution in [3.63, 3.8) is 0 Å². The van der Waals surface area contributed by atoms with Crippen LogP contribution < -0.4 is 15.5 Å². The van der Waals surface area contributed by atoms with Gasteiger partial charge in [0.25, 0.3) is 0 Å². The Morgan fingerprint density at radius 3 is 2.32 bits per heavy atom. The quantitative estimate of drug-likeness (QED) is 0.690. The average molecular weight is 380 g/mol. The molecule has 2 amide bonds. The molecule has 6 heteroatoms. The third-order valence-electron chi connectivity index (χ3n) is 5.41. The fourth-order valence-electron chi connectivity index (χ4n) is 3.35. The van der Waals surface area contributed by atoms with E-state index >= 15 is 0 Å². The molecule has 1 aromatic carbocycles. The van der Waals surface area contributed by atoms with E-state index in [1.165, 1.54) is 0 Å². The summed E-state index contributed by atoms with van der Waals surface area (Å²) < 4.78 is 0. The van der Waals surface area contributed by atoms with Gasteiger partial charge < -0.3 is 15.5 Å². The molecule has 1 aliphatic carbocycles. The number of anilines is 2. The largest absolute Gasteiger partial charge is 0.372 e. The normalized spacial score (nSPS) is 14.2. The van der Waals surface area contributed by atoms with E-state index in [-0.39, 0.29) is 11.8 Å². The van der Waals surface area contributed by atoms with Crippen molar-refractivity contribution in [3.8, 4) is 0 Å². The molecular formula is C22H28N4O2. The highest BCUT2D eigenvalue weighted by Crippen LogP contribution is 2.47. The number of nitrogens with zero attached hydrogens (tertiary/aromatic N) is 2. The number of carbonyl (C=O) groups excluding carboxylic acids is 2. The summed E-state index contributed by atoms with van der Waals surface area (Å²) in [4.78, 5) is 31.7. The van der Waals surface area contributed by atoms with E-state index in [9.17, 15) is 9.59 Å². The van der Waals surface area contributed by atoms with Crippen molar-refractivity contribution in [2.24, 2.45) is 5.41 Å². The van der Waals surface area contributed by atoms with Crippen LogP contribution in [0.3, 0.4) is 0 Å². The van der Waals surface area contributed by atoms with Gasteiger partial charge in [-0.1, -0.05) is 0 Å². The van der Waals surface area contributed by atoms with E-state index < -0.39 is 5.41 Å². The van der Waals surface area contributed by atoms with Gasteiger partial charge in [0.15, 0.2) is 0 Å². The molecule has 1 fully saturated rings. The van der Waals surface area contributed by atoms with Crippen molar-refractivity contribution >= 4 is 23.2 Å². The molecular weight excluding hydrogens is 352 g/mol. The van der Waals surface area contributed by atoms with E-state index in [0.717, 1.165) is 35.6 Å². The summed E-state index contributed by atoms with van der Waals surface area (Å²) in [5.74, 6) is -0.433. The second-order valence-electron chi connectivity index (χ2n) is 7.25. The van der Waals surface area contributed by atoms with E-state index in [1.54, 1.807) is 12.4 Å². The second-order valence-corrected chi connectivity index (χ2v) is 7.25. The Balaban J connectivity index is 1.64. The van der Waals surface area contributed by atoms with Gasteiger partial charge >= 0.3 is 0 Å². The van der Waals surface area contributed by atoms with Crippen LogP contribution in [0.4, 0.5) is 11.4 Å². The third kappa shape index (κ3) is 4.16. The van der Waals surface area contributed by atoms with E-state index in [4.69, 9.17) is 0 Å². The highest BCUT2D eigenvalue weighted by atomic mass is 16.2. The number of aryl methyl sites for hydroxylation is 1. The van der Waals surface area contributed by atoms with Crippen LogP contribution >= 0.6 is 0 Å². The van der Waals surface area contributed by atoms with Gasteiger partial charge in [-0.25, -0.2) is 0 Å². The van der Waals surface area contributed by atoms with Crippen LogP contribution in [0, 0.1) is 12.3 Å². The number of amides is 2. The number of hydrogen-bond acceptors (Lipinski definition) is 4. The molecule has 0 unspecified atom stereocenters. The first-order chi connectivity index (χ1) is 13.5. The van der Waals surface area contributed by atoms with Crippen LogP contribution in [0.5, 0.6) is 0 Å². The van der Waals surface area contributed by atoms with Crippen LogP contribution in [0.1, 0.15) is 37.8 Å². The van der Waals surface area contributed by atoms with E-state index in [0.29, 0.717) is 19.4 Å². The van der Waals surface area contributed by atoms with Gasteiger partial charge in [-0.05, 0) is 75.1 Å². The first-order valence-corrected chi connectivity index (χ1v) is 9.84. The molecule has 0 radical (unpaired) electrons. The molecule has 1 aliphatic rings. The summed E-state index contributed by atoms with van der Waals surface area (Å²) in [7, 11) is 0. The molecule has 0 spiro atoms. The molecule has 1 saturated carbocycles. The Morgan fingerprint density at radius 2 is 1.75 bits per heavy atom. The van der Waals surface area contributed by atoms with Crippen molar-refractivity contribution in [1.29, 1.82) is 0 Å². The molecule has 0 saturated heterocycles. The minimum Gasteiger partial charge on any atom is -0.372 e.